The summed E-state index contributed by atoms with van der Waals surface area (Å²) in [5.41, 5.74) is 0. The van der Waals surface area contributed by atoms with Gasteiger partial charge in [0.15, 0.2) is 0 Å². The minimum atomic E-state index is -0.996. The number of carbonyl (C=O) groups is 3. The van der Waals surface area contributed by atoms with Gasteiger partial charge >= 0.3 is 17.9 Å². The largest absolute Gasteiger partial charge is 0.463 e. The van der Waals surface area contributed by atoms with Crippen molar-refractivity contribution in [2.24, 2.45) is 0 Å². The first-order valence-corrected chi connectivity index (χ1v) is 31.3. The van der Waals surface area contributed by atoms with Crippen LogP contribution in [0, 0.1) is 0 Å². The summed E-state index contributed by atoms with van der Waals surface area (Å²) in [6.45, 7) is 4.87. The van der Waals surface area contributed by atoms with E-state index in [-0.39, 0.29) is 50.6 Å². The van der Waals surface area contributed by atoms with Crippen molar-refractivity contribution in [1.29, 1.82) is 0 Å². The lowest BCUT2D eigenvalue weighted by atomic mass is 10.2. The molecule has 0 fully saturated rings. The fourth-order valence-electron chi connectivity index (χ4n) is 6.55. The maximum absolute atomic E-state index is 11.4. The molecule has 0 aromatic carbocycles. The molecule has 0 spiro atoms. The molecule has 0 rings (SSSR count). The van der Waals surface area contributed by atoms with E-state index in [0.717, 1.165) is 109 Å². The van der Waals surface area contributed by atoms with Crippen molar-refractivity contribution < 1.29 is 59.2 Å². The minimum Gasteiger partial charge on any atom is -0.463 e. The number of ether oxygens (including phenoxy) is 3. The van der Waals surface area contributed by atoms with E-state index < -0.39 is 38.1 Å². The predicted molar refractivity (Wildman–Crippen MR) is 355 cm³/mol. The predicted octanol–water partition coefficient (Wildman–Crippen LogP) is 15.7. The monoisotopic (exact) mass is 1180 g/mol. The Morgan fingerprint density at radius 3 is 0.729 bits per heavy atom. The van der Waals surface area contributed by atoms with Gasteiger partial charge in [0.05, 0.1) is 19.8 Å². The maximum Gasteiger partial charge on any atom is 0.306 e. The summed E-state index contributed by atoms with van der Waals surface area (Å²) < 4.78 is 14.5. The molecule has 0 heterocycles. The molecule has 0 aliphatic rings. The number of hydrogen-bond acceptors (Lipinski definition) is 12. The van der Waals surface area contributed by atoms with Crippen molar-refractivity contribution in [2.45, 2.75) is 206 Å². The molecule has 3 atom stereocenters. The number of rotatable bonds is 51. The number of unbranched alkanes of at least 4 members (excludes halogenated alkanes) is 4. The molecule has 6 N–H and O–H groups in total. The third kappa shape index (κ3) is 78.0. The van der Waals surface area contributed by atoms with Crippen LogP contribution in [-0.4, -0.2) is 107 Å². The number of carbonyl (C=O) groups excluding carboxylic acids is 3. The molecule has 0 saturated carbocycles. The minimum absolute atomic E-state index is 0.142. The molecular weight excluding hydrogens is 1070 g/mol. The SMILES string of the molecule is CC/C=C\C/C=C\C/C=C\C/C=C\C/C=C\C/C=C\CCC(=O)OCC(O)CO.CC/C=C\C/C=C\C/C=C\C/C=C\C/C=C\CCCC(=O)OCC(O)CO.CCCCC/C=C\C/C=C\C/C=C\C/C=C\C/C=C\CCC(=O)OCC(O)CO. The summed E-state index contributed by atoms with van der Waals surface area (Å²) in [7, 11) is 0. The number of allylic oxidation sites excluding steroid dienone is 32. The van der Waals surface area contributed by atoms with Gasteiger partial charge in [0.1, 0.15) is 38.1 Å². The van der Waals surface area contributed by atoms with E-state index in [2.05, 4.69) is 191 Å². The van der Waals surface area contributed by atoms with E-state index in [9.17, 15) is 14.4 Å². The number of hydrogen-bond donors (Lipinski definition) is 6. The average molecular weight is 1180 g/mol. The van der Waals surface area contributed by atoms with E-state index >= 15 is 0 Å². The van der Waals surface area contributed by atoms with Gasteiger partial charge in [0.25, 0.3) is 0 Å². The Balaban J connectivity index is -0.00000119. The highest BCUT2D eigenvalue weighted by molar-refractivity contribution is 5.70. The van der Waals surface area contributed by atoms with Crippen molar-refractivity contribution >= 4 is 17.9 Å². The first-order chi connectivity index (χ1) is 41.6. The van der Waals surface area contributed by atoms with Crippen LogP contribution in [0.5, 0.6) is 0 Å². The van der Waals surface area contributed by atoms with Crippen LogP contribution in [0.2, 0.25) is 0 Å². The number of aliphatic hydroxyl groups is 6. The fourth-order valence-corrected chi connectivity index (χ4v) is 6.55. The molecular formula is C73H114O12. The molecule has 0 bridgehead atoms. The molecule has 12 heteroatoms. The van der Waals surface area contributed by atoms with E-state index in [0.29, 0.717) is 19.3 Å². The van der Waals surface area contributed by atoms with Gasteiger partial charge in [-0.25, -0.2) is 0 Å². The summed E-state index contributed by atoms with van der Waals surface area (Å²) in [6.07, 6.45) is 89.0. The molecule has 0 aromatic heterocycles. The van der Waals surface area contributed by atoms with Gasteiger partial charge in [-0.15, -0.1) is 0 Å². The second-order valence-corrected chi connectivity index (χ2v) is 19.4. The summed E-state index contributed by atoms with van der Waals surface area (Å²) in [6, 6.07) is 0. The zero-order valence-electron chi connectivity index (χ0n) is 52.5. The van der Waals surface area contributed by atoms with Crippen LogP contribution in [0.25, 0.3) is 0 Å². The molecule has 3 unspecified atom stereocenters. The molecule has 0 aliphatic heterocycles. The Hall–Kier alpha value is -5.99. The van der Waals surface area contributed by atoms with Gasteiger partial charge in [0.2, 0.25) is 0 Å². The number of esters is 3. The average Bonchev–Trinajstić information content (AvgIpc) is 3.51. The molecule has 0 aliphatic carbocycles. The molecule has 12 nitrogen and oxygen atoms in total. The second-order valence-electron chi connectivity index (χ2n) is 19.4. The third-order valence-corrected chi connectivity index (χ3v) is 11.4. The Labute approximate surface area is 515 Å². The van der Waals surface area contributed by atoms with Gasteiger partial charge in [-0.1, -0.05) is 228 Å². The zero-order chi connectivity index (χ0) is 62.8. The summed E-state index contributed by atoms with van der Waals surface area (Å²) in [4.78, 5) is 34.1. The molecule has 0 amide bonds. The molecule has 85 heavy (non-hydrogen) atoms. The van der Waals surface area contributed by atoms with Crippen molar-refractivity contribution in [2.75, 3.05) is 39.6 Å². The highest BCUT2D eigenvalue weighted by atomic mass is 16.6. The normalized spacial score (nSPS) is 13.8. The van der Waals surface area contributed by atoms with Crippen LogP contribution in [0.4, 0.5) is 0 Å². The first kappa shape index (κ1) is 83.2. The van der Waals surface area contributed by atoms with Crippen LogP contribution in [-0.2, 0) is 28.6 Å². The lowest BCUT2D eigenvalue weighted by molar-refractivity contribution is -0.148. The van der Waals surface area contributed by atoms with Crippen LogP contribution >= 0.6 is 0 Å². The van der Waals surface area contributed by atoms with Crippen LogP contribution in [0.1, 0.15) is 188 Å². The quantitative estimate of drug-likeness (QED) is 0.0146. The van der Waals surface area contributed by atoms with Crippen LogP contribution in [0.3, 0.4) is 0 Å². The lowest BCUT2D eigenvalue weighted by Crippen LogP contribution is -2.21. The highest BCUT2D eigenvalue weighted by Gasteiger charge is 2.08. The van der Waals surface area contributed by atoms with Gasteiger partial charge in [-0.05, 0) is 135 Å². The molecule has 478 valence electrons. The lowest BCUT2D eigenvalue weighted by Gasteiger charge is -2.07. The number of aliphatic hydroxyl groups excluding tert-OH is 6. The Morgan fingerprint density at radius 1 is 0.282 bits per heavy atom. The van der Waals surface area contributed by atoms with Gasteiger partial charge in [0, 0.05) is 19.3 Å². The van der Waals surface area contributed by atoms with E-state index in [1.807, 2.05) is 24.3 Å². The Kier molecular flexibility index (Phi) is 72.6. The highest BCUT2D eigenvalue weighted by Crippen LogP contribution is 2.05. The first-order valence-electron chi connectivity index (χ1n) is 31.3. The maximum atomic E-state index is 11.4. The smallest absolute Gasteiger partial charge is 0.306 e. The van der Waals surface area contributed by atoms with Crippen LogP contribution < -0.4 is 0 Å². The fraction of sp³-hybridized carbons (Fsp3) is 0.521. The van der Waals surface area contributed by atoms with E-state index in [1.165, 1.54) is 25.7 Å². The third-order valence-electron chi connectivity index (χ3n) is 11.4. The zero-order valence-corrected chi connectivity index (χ0v) is 52.5. The standard InChI is InChI=1S/C25H40O4.C25H38O4.C23H36O4/c2*1-2-3-4-5-6-7-8-9-10-11-12-13-14-15-16-17-18-19-20-21-25(28)29-23-24(27)22-26;1-2-3-4-5-6-7-8-9-10-11-12-13-14-15-16-17-18-19-23(26)27-21-22(25)20-24/h6-7,9-10,12-13,15-16,18-19,24,26-27H,2-5,8,11,14,17,20-23H2,1H3;3-4,6-7,9-10,12-13,15-16,18-19,24,26-27H,2,5,8,11,14,17,20-23H2,1H3;3-4,6-7,9-10,12-13,15-16,22,24-25H,2,5,8,11,14,17-21H2,1H3/b7-6-,10-9-,13-12-,16-15-,19-18-;4-3-,7-6-,10-9-,13-12-,16-15-,19-18-;4-3-,7-6-,10-9-,13-12-,16-15-. The Bertz CT molecular complexity index is 2000. The van der Waals surface area contributed by atoms with Crippen LogP contribution in [0.15, 0.2) is 194 Å². The second kappa shape index (κ2) is 74.1. The van der Waals surface area contributed by atoms with Crippen molar-refractivity contribution in [3.8, 4) is 0 Å². The van der Waals surface area contributed by atoms with Crippen molar-refractivity contribution in [3.05, 3.63) is 194 Å². The van der Waals surface area contributed by atoms with E-state index in [4.69, 9.17) is 44.8 Å². The van der Waals surface area contributed by atoms with Gasteiger partial charge in [-0.2, -0.15) is 0 Å². The Morgan fingerprint density at radius 2 is 0.494 bits per heavy atom. The van der Waals surface area contributed by atoms with Crippen molar-refractivity contribution in [3.63, 3.8) is 0 Å². The van der Waals surface area contributed by atoms with Gasteiger partial charge < -0.3 is 44.8 Å². The summed E-state index contributed by atoms with van der Waals surface area (Å²) >= 11 is 0. The molecule has 0 saturated heterocycles. The summed E-state index contributed by atoms with van der Waals surface area (Å²) in [5, 5.41) is 53.1. The topological polar surface area (TPSA) is 200 Å². The summed E-state index contributed by atoms with van der Waals surface area (Å²) in [5.74, 6) is -1.06. The molecule has 0 radical (unpaired) electrons. The van der Waals surface area contributed by atoms with E-state index in [1.54, 1.807) is 0 Å². The van der Waals surface area contributed by atoms with Gasteiger partial charge in [-0.3, -0.25) is 14.4 Å². The van der Waals surface area contributed by atoms with Crippen molar-refractivity contribution in [1.82, 2.24) is 0 Å². The molecule has 0 aromatic rings.